The summed E-state index contributed by atoms with van der Waals surface area (Å²) in [5.74, 6) is 5.21. The Morgan fingerprint density at radius 3 is 2.58 bits per heavy atom. The summed E-state index contributed by atoms with van der Waals surface area (Å²) in [6.45, 7) is 14.0. The van der Waals surface area contributed by atoms with Gasteiger partial charge in [-0.1, -0.05) is 65.5 Å². The molecule has 8 atom stereocenters. The summed E-state index contributed by atoms with van der Waals surface area (Å²) in [4.78, 5) is 14.4. The molecule has 206 valence electrons. The number of hydrogen-bond acceptors (Lipinski definition) is 3. The van der Waals surface area contributed by atoms with Gasteiger partial charge in [0.25, 0.3) is 0 Å². The van der Waals surface area contributed by atoms with Crippen molar-refractivity contribution >= 4 is 6.09 Å². The highest BCUT2D eigenvalue weighted by Crippen LogP contribution is 2.67. The second kappa shape index (κ2) is 11.4. The molecule has 0 saturated heterocycles. The predicted molar refractivity (Wildman–Crippen MR) is 150 cm³/mol. The first kappa shape index (κ1) is 28.0. The Kier molecular flexibility index (Phi) is 8.85. The number of ether oxygens (including phenoxy) is 1. The van der Waals surface area contributed by atoms with E-state index in [1.807, 2.05) is 14.1 Å². The van der Waals surface area contributed by atoms with Gasteiger partial charge in [-0.2, -0.15) is 0 Å². The number of rotatable bonds is 9. The number of hydrogen-bond donors (Lipinski definition) is 1. The first-order valence-electron chi connectivity index (χ1n) is 15.3. The maximum absolute atomic E-state index is 12.3. The molecule has 0 aromatic carbocycles. The smallest absolute Gasteiger partial charge is 0.407 e. The molecule has 1 amide bonds. The molecule has 0 spiro atoms. The van der Waals surface area contributed by atoms with Gasteiger partial charge in [-0.05, 0) is 105 Å². The fourth-order valence-corrected chi connectivity index (χ4v) is 9.33. The summed E-state index contributed by atoms with van der Waals surface area (Å²) in [6, 6.07) is 0. The molecule has 0 aromatic rings. The van der Waals surface area contributed by atoms with Crippen molar-refractivity contribution in [1.29, 1.82) is 0 Å². The average molecular weight is 501 g/mol. The van der Waals surface area contributed by atoms with E-state index >= 15 is 0 Å². The Labute approximate surface area is 222 Å². The zero-order valence-corrected chi connectivity index (χ0v) is 24.6. The summed E-state index contributed by atoms with van der Waals surface area (Å²) >= 11 is 0. The van der Waals surface area contributed by atoms with Crippen LogP contribution in [-0.4, -0.2) is 44.3 Å². The van der Waals surface area contributed by atoms with Crippen LogP contribution >= 0.6 is 0 Å². The van der Waals surface area contributed by atoms with Gasteiger partial charge in [0.1, 0.15) is 6.10 Å². The van der Waals surface area contributed by atoms with Crippen molar-refractivity contribution in [1.82, 2.24) is 10.2 Å². The van der Waals surface area contributed by atoms with Crippen molar-refractivity contribution in [2.75, 3.05) is 27.2 Å². The second-order valence-electron chi connectivity index (χ2n) is 14.3. The number of carbonyl (C=O) groups is 1. The van der Waals surface area contributed by atoms with E-state index in [0.717, 1.165) is 54.9 Å². The molecule has 4 aliphatic carbocycles. The van der Waals surface area contributed by atoms with Crippen LogP contribution in [0.3, 0.4) is 0 Å². The molecule has 4 heteroatoms. The maximum atomic E-state index is 12.3. The van der Waals surface area contributed by atoms with Gasteiger partial charge in [-0.15, -0.1) is 0 Å². The Balaban J connectivity index is 1.37. The van der Waals surface area contributed by atoms with Crippen molar-refractivity contribution in [2.24, 2.45) is 46.3 Å². The SMILES string of the molecule is CC(C)CCC[C@@H](C)[C@H]1CCC2C3CC=C4C[C@@H](OC(=O)NCCN(C)C)CC[C@]4(C)C3CC[C@@]21C. The van der Waals surface area contributed by atoms with Crippen LogP contribution in [0.2, 0.25) is 0 Å². The predicted octanol–water partition coefficient (Wildman–Crippen LogP) is 7.68. The highest BCUT2D eigenvalue weighted by atomic mass is 16.6. The monoisotopic (exact) mass is 500 g/mol. The molecule has 0 aliphatic heterocycles. The molecular weight excluding hydrogens is 444 g/mol. The van der Waals surface area contributed by atoms with E-state index in [4.69, 9.17) is 4.74 Å². The van der Waals surface area contributed by atoms with Crippen LogP contribution in [0.5, 0.6) is 0 Å². The molecule has 0 bridgehead atoms. The lowest BCUT2D eigenvalue weighted by molar-refractivity contribution is -0.0581. The van der Waals surface area contributed by atoms with E-state index in [-0.39, 0.29) is 12.2 Å². The number of carbonyl (C=O) groups excluding carboxylic acids is 1. The van der Waals surface area contributed by atoms with Crippen molar-refractivity contribution in [2.45, 2.75) is 111 Å². The first-order chi connectivity index (χ1) is 17.0. The van der Waals surface area contributed by atoms with Gasteiger partial charge in [0.2, 0.25) is 0 Å². The fourth-order valence-electron chi connectivity index (χ4n) is 9.33. The lowest BCUT2D eigenvalue weighted by Crippen LogP contribution is -2.51. The summed E-state index contributed by atoms with van der Waals surface area (Å²) in [7, 11) is 4.04. The Hall–Kier alpha value is -1.03. The van der Waals surface area contributed by atoms with Gasteiger partial charge in [-0.3, -0.25) is 0 Å². The number of likely N-dealkylation sites (N-methyl/N-ethyl adjacent to an activating group) is 1. The lowest BCUT2D eigenvalue weighted by atomic mass is 9.47. The summed E-state index contributed by atoms with van der Waals surface area (Å²) in [5, 5.41) is 2.93. The number of nitrogens with zero attached hydrogens (tertiary/aromatic N) is 1. The van der Waals surface area contributed by atoms with E-state index in [1.54, 1.807) is 5.57 Å². The van der Waals surface area contributed by atoms with E-state index in [1.165, 1.54) is 57.8 Å². The van der Waals surface area contributed by atoms with Gasteiger partial charge in [0.15, 0.2) is 0 Å². The van der Waals surface area contributed by atoms with Gasteiger partial charge in [0, 0.05) is 19.5 Å². The highest BCUT2D eigenvalue weighted by Gasteiger charge is 2.59. The summed E-state index contributed by atoms with van der Waals surface area (Å²) in [5.41, 5.74) is 2.46. The third kappa shape index (κ3) is 5.69. The molecule has 36 heavy (non-hydrogen) atoms. The molecule has 4 nitrogen and oxygen atoms in total. The standard InChI is InChI=1S/C32H56N2O2/c1-22(2)9-8-10-23(3)27-13-14-28-26-12-11-24-21-25(36-30(35)33-19-20-34(6)7)15-17-31(24,4)29(26)16-18-32(27,28)5/h11,22-23,25-29H,8-10,12-21H2,1-7H3,(H,33,35)/t23-,25+,26?,27-,28?,29?,31+,32-/m1/s1. The molecule has 0 aromatic heterocycles. The van der Waals surface area contributed by atoms with Crippen LogP contribution in [0, 0.1) is 46.3 Å². The number of allylic oxidation sites excluding steroid dienone is 1. The van der Waals surface area contributed by atoms with Crippen molar-refractivity contribution in [3.8, 4) is 0 Å². The van der Waals surface area contributed by atoms with Crippen LogP contribution in [0.25, 0.3) is 0 Å². The summed E-state index contributed by atoms with van der Waals surface area (Å²) in [6.07, 6.45) is 16.7. The molecule has 0 radical (unpaired) electrons. The molecule has 0 heterocycles. The minimum Gasteiger partial charge on any atom is -0.446 e. The van der Waals surface area contributed by atoms with Gasteiger partial charge < -0.3 is 15.0 Å². The third-order valence-electron chi connectivity index (χ3n) is 11.4. The number of nitrogens with one attached hydrogen (secondary N) is 1. The lowest BCUT2D eigenvalue weighted by Gasteiger charge is -2.58. The Morgan fingerprint density at radius 1 is 1.08 bits per heavy atom. The van der Waals surface area contributed by atoms with Crippen LogP contribution < -0.4 is 5.32 Å². The molecule has 4 aliphatic rings. The van der Waals surface area contributed by atoms with Crippen LogP contribution in [-0.2, 0) is 4.74 Å². The highest BCUT2D eigenvalue weighted by molar-refractivity contribution is 5.67. The summed E-state index contributed by atoms with van der Waals surface area (Å²) < 4.78 is 5.87. The van der Waals surface area contributed by atoms with Gasteiger partial charge >= 0.3 is 6.09 Å². The van der Waals surface area contributed by atoms with E-state index in [0.29, 0.717) is 17.4 Å². The first-order valence-corrected chi connectivity index (χ1v) is 15.3. The molecule has 3 unspecified atom stereocenters. The largest absolute Gasteiger partial charge is 0.446 e. The van der Waals surface area contributed by atoms with Crippen LogP contribution in [0.15, 0.2) is 11.6 Å². The maximum Gasteiger partial charge on any atom is 0.407 e. The Bertz CT molecular complexity index is 791. The zero-order chi connectivity index (χ0) is 26.1. The van der Waals surface area contributed by atoms with Crippen molar-refractivity contribution in [3.05, 3.63) is 11.6 Å². The quantitative estimate of drug-likeness (QED) is 0.330. The topological polar surface area (TPSA) is 41.6 Å². The number of alkyl carbamates (subject to hydrolysis) is 1. The second-order valence-corrected chi connectivity index (χ2v) is 14.3. The average Bonchev–Trinajstić information content (AvgIpc) is 3.16. The third-order valence-corrected chi connectivity index (χ3v) is 11.4. The molecule has 3 saturated carbocycles. The van der Waals surface area contributed by atoms with E-state index < -0.39 is 0 Å². The van der Waals surface area contributed by atoms with Crippen LogP contribution in [0.4, 0.5) is 4.79 Å². The molecule has 4 rings (SSSR count). The molecule has 3 fully saturated rings. The van der Waals surface area contributed by atoms with Crippen molar-refractivity contribution < 1.29 is 9.53 Å². The number of amides is 1. The van der Waals surface area contributed by atoms with Crippen molar-refractivity contribution in [3.63, 3.8) is 0 Å². The van der Waals surface area contributed by atoms with Crippen LogP contribution in [0.1, 0.15) is 105 Å². The normalized spacial score (nSPS) is 38.7. The molecule has 1 N–H and O–H groups in total. The van der Waals surface area contributed by atoms with E-state index in [2.05, 4.69) is 50.9 Å². The zero-order valence-electron chi connectivity index (χ0n) is 24.6. The number of fused-ring (bicyclic) bond motifs is 5. The van der Waals surface area contributed by atoms with Gasteiger partial charge in [0.05, 0.1) is 0 Å². The minimum atomic E-state index is -0.243. The fraction of sp³-hybridized carbons (Fsp3) is 0.906. The minimum absolute atomic E-state index is 0.0386. The Morgan fingerprint density at radius 2 is 1.86 bits per heavy atom. The van der Waals surface area contributed by atoms with E-state index in [9.17, 15) is 4.79 Å². The van der Waals surface area contributed by atoms with Gasteiger partial charge in [-0.25, -0.2) is 4.79 Å². The molecular formula is C32H56N2O2.